The maximum absolute atomic E-state index is 12.2. The minimum Gasteiger partial charge on any atom is -0.454 e. The van der Waals surface area contributed by atoms with Crippen LogP contribution >= 0.6 is 11.6 Å². The van der Waals surface area contributed by atoms with Gasteiger partial charge in [0.15, 0.2) is 17.3 Å². The van der Waals surface area contributed by atoms with Gasteiger partial charge in [-0.2, -0.15) is 5.10 Å². The fraction of sp³-hybridized carbons (Fsp3) is 0.231. The van der Waals surface area contributed by atoms with E-state index in [9.17, 15) is 4.79 Å². The lowest BCUT2D eigenvalue weighted by atomic mass is 10.1. The van der Waals surface area contributed by atoms with Gasteiger partial charge in [0.25, 0.3) is 0 Å². The Balaban J connectivity index is 1.83. The van der Waals surface area contributed by atoms with Gasteiger partial charge in [0.1, 0.15) is 6.54 Å². The molecule has 0 fully saturated rings. The zero-order chi connectivity index (χ0) is 13.4. The first-order valence-electron chi connectivity index (χ1n) is 5.76. The van der Waals surface area contributed by atoms with Gasteiger partial charge in [-0.05, 0) is 25.1 Å². The molecule has 0 saturated carbocycles. The molecule has 0 amide bonds. The summed E-state index contributed by atoms with van der Waals surface area (Å²) < 4.78 is 12.0. The van der Waals surface area contributed by atoms with Gasteiger partial charge in [-0.3, -0.25) is 9.48 Å². The molecule has 98 valence electrons. The molecule has 1 aliphatic heterocycles. The van der Waals surface area contributed by atoms with Gasteiger partial charge in [-0.15, -0.1) is 0 Å². The highest BCUT2D eigenvalue weighted by Crippen LogP contribution is 2.32. The molecule has 2 heterocycles. The van der Waals surface area contributed by atoms with Crippen LogP contribution in [0.15, 0.2) is 24.4 Å². The van der Waals surface area contributed by atoms with E-state index in [4.69, 9.17) is 21.1 Å². The largest absolute Gasteiger partial charge is 0.454 e. The van der Waals surface area contributed by atoms with Crippen molar-refractivity contribution in [2.45, 2.75) is 13.5 Å². The first kappa shape index (κ1) is 12.0. The molecule has 0 atom stereocenters. The Kier molecular flexibility index (Phi) is 2.91. The molecule has 0 spiro atoms. The second kappa shape index (κ2) is 4.59. The van der Waals surface area contributed by atoms with E-state index in [0.29, 0.717) is 22.1 Å². The molecule has 3 rings (SSSR count). The third-order valence-corrected chi connectivity index (χ3v) is 3.40. The highest BCUT2D eigenvalue weighted by atomic mass is 35.5. The van der Waals surface area contributed by atoms with Crippen molar-refractivity contribution in [1.29, 1.82) is 0 Å². The highest BCUT2D eigenvalue weighted by molar-refractivity contribution is 6.31. The number of nitrogens with zero attached hydrogens (tertiary/aromatic N) is 2. The number of aromatic nitrogens is 2. The third kappa shape index (κ3) is 2.17. The van der Waals surface area contributed by atoms with E-state index in [1.54, 1.807) is 22.9 Å². The van der Waals surface area contributed by atoms with E-state index >= 15 is 0 Å². The topological polar surface area (TPSA) is 53.4 Å². The summed E-state index contributed by atoms with van der Waals surface area (Å²) in [6, 6.07) is 5.14. The number of fused-ring (bicyclic) bond motifs is 1. The van der Waals surface area contributed by atoms with Crippen molar-refractivity contribution in [2.24, 2.45) is 0 Å². The standard InChI is InChI=1S/C13H11ClN2O3/c1-8-10(14)5-15-16(8)6-11(17)9-2-3-12-13(4-9)19-7-18-12/h2-5H,6-7H2,1H3. The Hall–Kier alpha value is -2.01. The van der Waals surface area contributed by atoms with Crippen molar-refractivity contribution in [3.8, 4) is 11.5 Å². The van der Waals surface area contributed by atoms with Crippen molar-refractivity contribution in [3.05, 3.63) is 40.7 Å². The Labute approximate surface area is 114 Å². The average Bonchev–Trinajstić information content (AvgIpc) is 2.99. The number of halogens is 1. The second-order valence-corrected chi connectivity index (χ2v) is 4.63. The van der Waals surface area contributed by atoms with Gasteiger partial charge in [0, 0.05) is 5.56 Å². The monoisotopic (exact) mass is 278 g/mol. The number of benzene rings is 1. The Morgan fingerprint density at radius 3 is 2.95 bits per heavy atom. The van der Waals surface area contributed by atoms with Crippen LogP contribution in [-0.4, -0.2) is 22.4 Å². The number of ketones is 1. The number of hydrogen-bond donors (Lipinski definition) is 0. The van der Waals surface area contributed by atoms with Gasteiger partial charge < -0.3 is 9.47 Å². The highest BCUT2D eigenvalue weighted by Gasteiger charge is 2.17. The molecule has 5 nitrogen and oxygen atoms in total. The van der Waals surface area contributed by atoms with Crippen LogP contribution in [0.5, 0.6) is 11.5 Å². The zero-order valence-electron chi connectivity index (χ0n) is 10.2. The molecule has 1 aromatic heterocycles. The fourth-order valence-corrected chi connectivity index (χ4v) is 2.02. The zero-order valence-corrected chi connectivity index (χ0v) is 11.0. The Morgan fingerprint density at radius 1 is 1.42 bits per heavy atom. The first-order valence-corrected chi connectivity index (χ1v) is 6.13. The number of ether oxygens (including phenoxy) is 2. The molecule has 1 aliphatic rings. The lowest BCUT2D eigenvalue weighted by molar-refractivity contribution is 0.0966. The smallest absolute Gasteiger partial charge is 0.231 e. The van der Waals surface area contributed by atoms with Gasteiger partial charge >= 0.3 is 0 Å². The summed E-state index contributed by atoms with van der Waals surface area (Å²) in [4.78, 5) is 12.2. The predicted molar refractivity (Wildman–Crippen MR) is 68.9 cm³/mol. The predicted octanol–water partition coefficient (Wildman–Crippen LogP) is 2.46. The summed E-state index contributed by atoms with van der Waals surface area (Å²) in [7, 11) is 0. The number of carbonyl (C=O) groups excluding carboxylic acids is 1. The van der Waals surface area contributed by atoms with Crippen LogP contribution in [0.3, 0.4) is 0 Å². The molecule has 0 aliphatic carbocycles. The van der Waals surface area contributed by atoms with E-state index in [1.165, 1.54) is 6.20 Å². The van der Waals surface area contributed by atoms with Crippen LogP contribution < -0.4 is 9.47 Å². The van der Waals surface area contributed by atoms with Gasteiger partial charge in [-0.1, -0.05) is 11.6 Å². The number of rotatable bonds is 3. The molecule has 2 aromatic rings. The second-order valence-electron chi connectivity index (χ2n) is 4.23. The van der Waals surface area contributed by atoms with Crippen LogP contribution in [0, 0.1) is 6.92 Å². The maximum Gasteiger partial charge on any atom is 0.231 e. The minimum absolute atomic E-state index is 0.0545. The lowest BCUT2D eigenvalue weighted by Gasteiger charge is -2.05. The number of Topliss-reactive ketones (excluding diaryl/α,β-unsaturated/α-hetero) is 1. The van der Waals surface area contributed by atoms with Crippen molar-refractivity contribution in [2.75, 3.05) is 6.79 Å². The fourth-order valence-electron chi connectivity index (χ4n) is 1.88. The molecular formula is C13H11ClN2O3. The van der Waals surface area contributed by atoms with Crippen molar-refractivity contribution in [1.82, 2.24) is 9.78 Å². The van der Waals surface area contributed by atoms with Gasteiger partial charge in [0.2, 0.25) is 6.79 Å². The number of carbonyl (C=O) groups is 1. The molecular weight excluding hydrogens is 268 g/mol. The Bertz CT molecular complexity index is 651. The van der Waals surface area contributed by atoms with E-state index in [1.807, 2.05) is 6.92 Å². The summed E-state index contributed by atoms with van der Waals surface area (Å²) in [5.74, 6) is 1.21. The Morgan fingerprint density at radius 2 is 2.21 bits per heavy atom. The molecule has 0 saturated heterocycles. The minimum atomic E-state index is -0.0545. The summed E-state index contributed by atoms with van der Waals surface area (Å²) in [5, 5.41) is 4.62. The van der Waals surface area contributed by atoms with E-state index in [-0.39, 0.29) is 19.1 Å². The van der Waals surface area contributed by atoms with Crippen molar-refractivity contribution >= 4 is 17.4 Å². The van der Waals surface area contributed by atoms with Gasteiger partial charge in [-0.25, -0.2) is 0 Å². The molecule has 0 bridgehead atoms. The maximum atomic E-state index is 12.2. The third-order valence-electron chi connectivity index (χ3n) is 3.03. The molecule has 0 unspecified atom stereocenters. The average molecular weight is 279 g/mol. The van der Waals surface area contributed by atoms with Crippen LogP contribution in [-0.2, 0) is 6.54 Å². The summed E-state index contributed by atoms with van der Waals surface area (Å²) in [5.41, 5.74) is 1.34. The quantitative estimate of drug-likeness (QED) is 0.809. The summed E-state index contributed by atoms with van der Waals surface area (Å²) in [6.07, 6.45) is 1.53. The van der Waals surface area contributed by atoms with Crippen LogP contribution in [0.25, 0.3) is 0 Å². The van der Waals surface area contributed by atoms with Crippen LogP contribution in [0.2, 0.25) is 5.02 Å². The van der Waals surface area contributed by atoms with Crippen molar-refractivity contribution < 1.29 is 14.3 Å². The van der Waals surface area contributed by atoms with Crippen LogP contribution in [0.1, 0.15) is 16.1 Å². The molecule has 0 N–H and O–H groups in total. The molecule has 19 heavy (non-hydrogen) atoms. The number of hydrogen-bond acceptors (Lipinski definition) is 4. The summed E-state index contributed by atoms with van der Waals surface area (Å²) in [6.45, 7) is 2.17. The molecule has 6 heteroatoms. The normalized spacial score (nSPS) is 12.7. The van der Waals surface area contributed by atoms with E-state index < -0.39 is 0 Å². The van der Waals surface area contributed by atoms with Gasteiger partial charge in [0.05, 0.1) is 16.9 Å². The van der Waals surface area contributed by atoms with E-state index in [0.717, 1.165) is 5.69 Å². The molecule has 1 aromatic carbocycles. The van der Waals surface area contributed by atoms with E-state index in [2.05, 4.69) is 5.10 Å². The lowest BCUT2D eigenvalue weighted by Crippen LogP contribution is -2.12. The summed E-state index contributed by atoms with van der Waals surface area (Å²) >= 11 is 5.90. The first-order chi connectivity index (χ1) is 9.15. The van der Waals surface area contributed by atoms with Crippen LogP contribution in [0.4, 0.5) is 0 Å². The molecule has 0 radical (unpaired) electrons. The SMILES string of the molecule is Cc1c(Cl)cnn1CC(=O)c1ccc2c(c1)OCO2. The van der Waals surface area contributed by atoms with Crippen molar-refractivity contribution in [3.63, 3.8) is 0 Å².